The van der Waals surface area contributed by atoms with Crippen molar-refractivity contribution in [3.63, 3.8) is 0 Å². The molecule has 5 nitrogen and oxygen atoms in total. The molecule has 0 radical (unpaired) electrons. The summed E-state index contributed by atoms with van der Waals surface area (Å²) in [6, 6.07) is 0. The van der Waals surface area contributed by atoms with E-state index in [2.05, 4.69) is 37.9 Å². The van der Waals surface area contributed by atoms with Gasteiger partial charge in [-0.2, -0.15) is 0 Å². The number of aromatic nitrogens is 3. The first-order valence-electron chi connectivity index (χ1n) is 3.92. The molecule has 3 rings (SSSR count). The van der Waals surface area contributed by atoms with E-state index in [1.54, 1.807) is 0 Å². The minimum Gasteiger partial charge on any atom is -0.443 e. The molecule has 0 atom stereocenters. The molecule has 6 heteroatoms. The fourth-order valence-corrected chi connectivity index (χ4v) is 2.20. The van der Waals surface area contributed by atoms with Gasteiger partial charge in [0.05, 0.1) is 3.57 Å². The number of halogens is 1. The zero-order chi connectivity index (χ0) is 9.71. The van der Waals surface area contributed by atoms with Crippen molar-refractivity contribution in [3.8, 4) is 0 Å². The van der Waals surface area contributed by atoms with Crippen LogP contribution in [0.15, 0.2) is 15.4 Å². The van der Waals surface area contributed by atoms with E-state index in [9.17, 15) is 0 Å². The maximum Gasteiger partial charge on any atom is 0.182 e. The summed E-state index contributed by atoms with van der Waals surface area (Å²) in [7, 11) is 0. The lowest BCUT2D eigenvalue weighted by Gasteiger charge is -1.95. The molecule has 0 saturated heterocycles. The average Bonchev–Trinajstić information content (AvgIpc) is 2.82. The van der Waals surface area contributed by atoms with Gasteiger partial charge < -0.3 is 4.42 Å². The minimum absolute atomic E-state index is 0.735. The monoisotopic (exact) mass is 301 g/mol. The molecule has 2 heterocycles. The van der Waals surface area contributed by atoms with Crippen molar-refractivity contribution in [2.75, 3.05) is 0 Å². The van der Waals surface area contributed by atoms with Gasteiger partial charge in [-0.25, -0.2) is 9.61 Å². The highest BCUT2D eigenvalue weighted by atomic mass is 127. The van der Waals surface area contributed by atoms with Gasteiger partial charge in [0.15, 0.2) is 17.5 Å². The van der Waals surface area contributed by atoms with Crippen LogP contribution in [0.1, 0.15) is 5.56 Å². The third-order valence-corrected chi connectivity index (χ3v) is 3.19. The van der Waals surface area contributed by atoms with Gasteiger partial charge >= 0.3 is 0 Å². The number of hydrogen-bond acceptors (Lipinski definition) is 5. The molecule has 0 fully saturated rings. The number of oxazole rings is 1. The fraction of sp³-hybridized carbons (Fsp3) is 0.125. The van der Waals surface area contributed by atoms with E-state index in [-0.39, 0.29) is 0 Å². The SMILES string of the molecule is Cc1c2nonc2c(I)c2ncoc12. The van der Waals surface area contributed by atoms with Gasteiger partial charge in [0.25, 0.3) is 0 Å². The molecule has 0 saturated carbocycles. The zero-order valence-corrected chi connectivity index (χ0v) is 9.27. The Hall–Kier alpha value is -1.18. The van der Waals surface area contributed by atoms with Gasteiger partial charge in [0.1, 0.15) is 11.0 Å². The highest BCUT2D eigenvalue weighted by Crippen LogP contribution is 2.30. The van der Waals surface area contributed by atoms with Crippen LogP contribution in [-0.4, -0.2) is 15.3 Å². The average molecular weight is 301 g/mol. The van der Waals surface area contributed by atoms with Crippen molar-refractivity contribution in [3.05, 3.63) is 15.5 Å². The highest BCUT2D eigenvalue weighted by Gasteiger charge is 2.16. The number of rotatable bonds is 0. The van der Waals surface area contributed by atoms with Crippen molar-refractivity contribution in [1.82, 2.24) is 15.3 Å². The Kier molecular flexibility index (Phi) is 1.55. The summed E-state index contributed by atoms with van der Waals surface area (Å²) in [5.41, 5.74) is 3.95. The number of fused-ring (bicyclic) bond motifs is 2. The molecule has 1 aromatic carbocycles. The molecular weight excluding hydrogens is 297 g/mol. The summed E-state index contributed by atoms with van der Waals surface area (Å²) in [5, 5.41) is 7.66. The molecule has 14 heavy (non-hydrogen) atoms. The first kappa shape index (κ1) is 8.16. The second kappa shape index (κ2) is 2.66. The summed E-state index contributed by atoms with van der Waals surface area (Å²) in [4.78, 5) is 4.13. The largest absolute Gasteiger partial charge is 0.443 e. The van der Waals surface area contributed by atoms with Gasteiger partial charge in [-0.05, 0) is 39.8 Å². The van der Waals surface area contributed by atoms with Crippen LogP contribution in [0.5, 0.6) is 0 Å². The molecule has 0 amide bonds. The van der Waals surface area contributed by atoms with Gasteiger partial charge in [0, 0.05) is 5.56 Å². The van der Waals surface area contributed by atoms with Crippen LogP contribution in [0.2, 0.25) is 0 Å². The van der Waals surface area contributed by atoms with E-state index >= 15 is 0 Å². The zero-order valence-electron chi connectivity index (χ0n) is 7.11. The Morgan fingerprint density at radius 3 is 2.86 bits per heavy atom. The van der Waals surface area contributed by atoms with Gasteiger partial charge in [-0.15, -0.1) is 0 Å². The highest BCUT2D eigenvalue weighted by molar-refractivity contribution is 14.1. The summed E-state index contributed by atoms with van der Waals surface area (Å²) in [5.74, 6) is 0. The van der Waals surface area contributed by atoms with E-state index in [1.165, 1.54) is 6.39 Å². The molecular formula is C8H4IN3O2. The quantitative estimate of drug-likeness (QED) is 0.596. The maximum absolute atomic E-state index is 5.28. The first-order valence-corrected chi connectivity index (χ1v) is 5.00. The van der Waals surface area contributed by atoms with Crippen LogP contribution in [0.4, 0.5) is 0 Å². The van der Waals surface area contributed by atoms with Crippen LogP contribution in [-0.2, 0) is 0 Å². The van der Waals surface area contributed by atoms with Crippen molar-refractivity contribution in [2.45, 2.75) is 6.92 Å². The topological polar surface area (TPSA) is 65.0 Å². The molecule has 0 aliphatic heterocycles. The Morgan fingerprint density at radius 1 is 1.21 bits per heavy atom. The summed E-state index contributed by atoms with van der Waals surface area (Å²) < 4.78 is 10.9. The van der Waals surface area contributed by atoms with Crippen LogP contribution >= 0.6 is 22.6 Å². The normalized spacial score (nSPS) is 11.6. The van der Waals surface area contributed by atoms with E-state index < -0.39 is 0 Å². The fourth-order valence-electron chi connectivity index (χ4n) is 1.47. The molecule has 2 aromatic heterocycles. The standard InChI is InChI=1S/C8H4IN3O2/c1-3-5-6(12-14-11-5)4(9)7-8(3)13-2-10-7/h2H,1H3. The van der Waals surface area contributed by atoms with Crippen molar-refractivity contribution in [1.29, 1.82) is 0 Å². The smallest absolute Gasteiger partial charge is 0.182 e. The molecule has 0 unspecified atom stereocenters. The minimum atomic E-state index is 0.735. The number of hydrogen-bond donors (Lipinski definition) is 0. The lowest BCUT2D eigenvalue weighted by molar-refractivity contribution is 0.315. The van der Waals surface area contributed by atoms with Crippen LogP contribution in [0.3, 0.4) is 0 Å². The van der Waals surface area contributed by atoms with Crippen molar-refractivity contribution in [2.24, 2.45) is 0 Å². The van der Waals surface area contributed by atoms with E-state index in [0.717, 1.165) is 31.3 Å². The van der Waals surface area contributed by atoms with E-state index in [4.69, 9.17) is 9.05 Å². The van der Waals surface area contributed by atoms with Crippen molar-refractivity contribution >= 4 is 44.7 Å². The molecule has 0 aliphatic rings. The number of nitrogens with zero attached hydrogens (tertiary/aromatic N) is 3. The Morgan fingerprint density at radius 2 is 2.00 bits per heavy atom. The van der Waals surface area contributed by atoms with E-state index in [0.29, 0.717) is 0 Å². The second-order valence-electron chi connectivity index (χ2n) is 2.93. The molecule has 70 valence electrons. The third kappa shape index (κ3) is 0.861. The molecule has 0 bridgehead atoms. The maximum atomic E-state index is 5.28. The molecule has 3 aromatic rings. The third-order valence-electron chi connectivity index (χ3n) is 2.17. The summed E-state index contributed by atoms with van der Waals surface area (Å²) in [6.07, 6.45) is 1.43. The molecule has 0 spiro atoms. The van der Waals surface area contributed by atoms with Crippen LogP contribution < -0.4 is 0 Å². The summed E-state index contributed by atoms with van der Waals surface area (Å²) in [6.45, 7) is 1.91. The number of benzene rings is 1. The van der Waals surface area contributed by atoms with Gasteiger partial charge in [-0.3, -0.25) is 0 Å². The van der Waals surface area contributed by atoms with Gasteiger partial charge in [0.2, 0.25) is 0 Å². The molecule has 0 N–H and O–H groups in total. The Labute approximate surface area is 91.6 Å². The van der Waals surface area contributed by atoms with Crippen LogP contribution in [0.25, 0.3) is 22.1 Å². The number of aryl methyl sites for hydroxylation is 1. The van der Waals surface area contributed by atoms with Crippen LogP contribution in [0, 0.1) is 10.5 Å². The molecule has 0 aliphatic carbocycles. The Bertz CT molecular complexity index is 525. The lowest BCUT2D eigenvalue weighted by Crippen LogP contribution is -1.84. The predicted molar refractivity (Wildman–Crippen MR) is 56.8 cm³/mol. The second-order valence-corrected chi connectivity index (χ2v) is 4.01. The Balaban J connectivity index is 2.72. The van der Waals surface area contributed by atoms with Crippen molar-refractivity contribution < 1.29 is 9.05 Å². The predicted octanol–water partition coefficient (Wildman–Crippen LogP) is 2.28. The first-order chi connectivity index (χ1) is 6.79. The van der Waals surface area contributed by atoms with Gasteiger partial charge in [-0.1, -0.05) is 0 Å². The van der Waals surface area contributed by atoms with E-state index in [1.807, 2.05) is 6.92 Å². The summed E-state index contributed by atoms with van der Waals surface area (Å²) >= 11 is 2.16. The lowest BCUT2D eigenvalue weighted by atomic mass is 10.2.